The van der Waals surface area contributed by atoms with Gasteiger partial charge in [0.15, 0.2) is 0 Å². The molecule has 0 bridgehead atoms. The van der Waals surface area contributed by atoms with E-state index in [0.29, 0.717) is 5.69 Å². The van der Waals surface area contributed by atoms with Gasteiger partial charge in [-0.05, 0) is 54.8 Å². The lowest BCUT2D eigenvalue weighted by Crippen LogP contribution is -2.39. The van der Waals surface area contributed by atoms with Crippen LogP contribution in [0.3, 0.4) is 0 Å². The maximum absolute atomic E-state index is 13.5. The van der Waals surface area contributed by atoms with Crippen LogP contribution in [0.1, 0.15) is 37.4 Å². The molecule has 0 aliphatic rings. The fourth-order valence-corrected chi connectivity index (χ4v) is 3.41. The Hall–Kier alpha value is -3.67. The summed E-state index contributed by atoms with van der Waals surface area (Å²) in [6, 6.07) is 22.3. The van der Waals surface area contributed by atoms with Crippen LogP contribution in [0.25, 0.3) is 0 Å². The van der Waals surface area contributed by atoms with E-state index in [2.05, 4.69) is 17.6 Å². The highest BCUT2D eigenvalue weighted by atomic mass is 19.1. The summed E-state index contributed by atoms with van der Waals surface area (Å²) in [5.41, 5.74) is 3.22. The molecule has 32 heavy (non-hydrogen) atoms. The number of carbonyl (C=O) groups excluding carboxylic acids is 2. The van der Waals surface area contributed by atoms with Crippen molar-refractivity contribution in [3.8, 4) is 0 Å². The third-order valence-corrected chi connectivity index (χ3v) is 5.31. The molecule has 0 fully saturated rings. The van der Waals surface area contributed by atoms with Crippen molar-refractivity contribution in [2.45, 2.75) is 32.7 Å². The van der Waals surface area contributed by atoms with E-state index in [1.54, 1.807) is 11.0 Å². The highest BCUT2D eigenvalue weighted by Gasteiger charge is 2.22. The van der Waals surface area contributed by atoms with E-state index in [1.807, 2.05) is 61.5 Å². The maximum Gasteiger partial charge on any atom is 0.322 e. The molecule has 2 N–H and O–H groups in total. The van der Waals surface area contributed by atoms with Gasteiger partial charge in [0, 0.05) is 24.3 Å². The Balaban J connectivity index is 1.69. The van der Waals surface area contributed by atoms with E-state index in [-0.39, 0.29) is 24.9 Å². The first-order valence-corrected chi connectivity index (χ1v) is 10.7. The molecule has 3 rings (SSSR count). The fourth-order valence-electron chi connectivity index (χ4n) is 3.41. The third-order valence-electron chi connectivity index (χ3n) is 5.31. The minimum absolute atomic E-state index is 0.128. The first-order valence-electron chi connectivity index (χ1n) is 10.7. The molecule has 0 spiro atoms. The topological polar surface area (TPSA) is 61.4 Å². The Morgan fingerprint density at radius 2 is 1.62 bits per heavy atom. The zero-order valence-corrected chi connectivity index (χ0v) is 18.3. The van der Waals surface area contributed by atoms with Gasteiger partial charge in [-0.15, -0.1) is 0 Å². The predicted octanol–water partition coefficient (Wildman–Crippen LogP) is 6.01. The molecule has 5 nitrogen and oxygen atoms in total. The Bertz CT molecular complexity index is 1040. The molecule has 3 amide bonds. The molecule has 0 saturated carbocycles. The Labute approximate surface area is 188 Å². The average molecular weight is 434 g/mol. The van der Waals surface area contributed by atoms with Crippen LogP contribution in [0.2, 0.25) is 0 Å². The molecule has 166 valence electrons. The van der Waals surface area contributed by atoms with Gasteiger partial charge in [-0.3, -0.25) is 4.79 Å². The van der Waals surface area contributed by atoms with Crippen LogP contribution in [-0.4, -0.2) is 23.4 Å². The van der Waals surface area contributed by atoms with Crippen LogP contribution < -0.4 is 10.6 Å². The monoisotopic (exact) mass is 433 g/mol. The molecular weight excluding hydrogens is 405 g/mol. The number of benzene rings is 3. The van der Waals surface area contributed by atoms with Gasteiger partial charge in [-0.25, -0.2) is 9.18 Å². The molecule has 3 aromatic rings. The summed E-state index contributed by atoms with van der Waals surface area (Å²) < 4.78 is 13.5. The van der Waals surface area contributed by atoms with Crippen molar-refractivity contribution in [3.63, 3.8) is 0 Å². The van der Waals surface area contributed by atoms with Crippen LogP contribution in [0.4, 0.5) is 20.6 Å². The van der Waals surface area contributed by atoms with E-state index in [9.17, 15) is 14.0 Å². The highest BCUT2D eigenvalue weighted by Crippen LogP contribution is 2.22. The molecule has 0 radical (unpaired) electrons. The van der Waals surface area contributed by atoms with Crippen LogP contribution in [0.5, 0.6) is 0 Å². The van der Waals surface area contributed by atoms with Crippen LogP contribution >= 0.6 is 0 Å². The van der Waals surface area contributed by atoms with Crippen molar-refractivity contribution in [2.24, 2.45) is 0 Å². The van der Waals surface area contributed by atoms with Crippen molar-refractivity contribution in [2.75, 3.05) is 17.2 Å². The Kier molecular flexibility index (Phi) is 7.97. The molecule has 0 heterocycles. The zero-order chi connectivity index (χ0) is 22.9. The number of aryl methyl sites for hydroxylation is 1. The van der Waals surface area contributed by atoms with Crippen LogP contribution in [0.15, 0.2) is 78.9 Å². The van der Waals surface area contributed by atoms with Crippen LogP contribution in [0, 0.1) is 5.82 Å². The molecule has 1 atom stereocenters. The summed E-state index contributed by atoms with van der Waals surface area (Å²) in [7, 11) is 0. The molecule has 6 heteroatoms. The lowest BCUT2D eigenvalue weighted by molar-refractivity contribution is -0.116. The fraction of sp³-hybridized carbons (Fsp3) is 0.231. The molecule has 1 unspecified atom stereocenters. The van der Waals surface area contributed by atoms with E-state index < -0.39 is 11.8 Å². The molecule has 0 aliphatic carbocycles. The highest BCUT2D eigenvalue weighted by molar-refractivity contribution is 5.92. The summed E-state index contributed by atoms with van der Waals surface area (Å²) in [5, 5.41) is 5.61. The number of hydrogen-bond donors (Lipinski definition) is 2. The maximum atomic E-state index is 13.5. The van der Waals surface area contributed by atoms with Gasteiger partial charge in [0.1, 0.15) is 5.82 Å². The second-order valence-electron chi connectivity index (χ2n) is 7.57. The number of anilines is 2. The lowest BCUT2D eigenvalue weighted by Gasteiger charge is -2.29. The van der Waals surface area contributed by atoms with E-state index in [4.69, 9.17) is 0 Å². The number of halogens is 1. The second kappa shape index (κ2) is 11.1. The van der Waals surface area contributed by atoms with Gasteiger partial charge < -0.3 is 15.5 Å². The third kappa shape index (κ3) is 6.41. The molecular formula is C26H28FN3O2. The normalized spacial score (nSPS) is 11.5. The summed E-state index contributed by atoms with van der Waals surface area (Å²) in [4.78, 5) is 27.2. The molecule has 0 aromatic heterocycles. The van der Waals surface area contributed by atoms with Crippen molar-refractivity contribution < 1.29 is 14.0 Å². The minimum atomic E-state index is -0.432. The molecule has 0 saturated heterocycles. The number of hydrogen-bond acceptors (Lipinski definition) is 2. The standard InChI is InChI=1S/C26H28FN3O2/c1-3-20-12-14-23(15-13-20)28-25(31)16-17-30(19(2)21-8-5-4-6-9-21)26(32)29-24-11-7-10-22(27)18-24/h4-15,18-19H,3,16-17H2,1-2H3,(H,28,31)(H,29,32). The number of nitrogens with zero attached hydrogens (tertiary/aromatic N) is 1. The van der Waals surface area contributed by atoms with Gasteiger partial charge >= 0.3 is 6.03 Å². The smallest absolute Gasteiger partial charge is 0.322 e. The van der Waals surface area contributed by atoms with Crippen molar-refractivity contribution in [3.05, 3.63) is 95.8 Å². The van der Waals surface area contributed by atoms with E-state index in [0.717, 1.165) is 17.7 Å². The van der Waals surface area contributed by atoms with Gasteiger partial charge in [-0.1, -0.05) is 55.5 Å². The first kappa shape index (κ1) is 23.0. The number of rotatable bonds is 8. The Morgan fingerprint density at radius 1 is 0.906 bits per heavy atom. The molecule has 3 aromatic carbocycles. The van der Waals surface area contributed by atoms with Gasteiger partial charge in [0.05, 0.1) is 6.04 Å². The van der Waals surface area contributed by atoms with Gasteiger partial charge in [-0.2, -0.15) is 0 Å². The summed E-state index contributed by atoms with van der Waals surface area (Å²) >= 11 is 0. The number of urea groups is 1. The lowest BCUT2D eigenvalue weighted by atomic mass is 10.1. The quantitative estimate of drug-likeness (QED) is 0.457. The zero-order valence-electron chi connectivity index (χ0n) is 18.3. The summed E-state index contributed by atoms with van der Waals surface area (Å²) in [6.07, 6.45) is 1.06. The van der Waals surface area contributed by atoms with Crippen molar-refractivity contribution in [1.29, 1.82) is 0 Å². The molecule has 0 aliphatic heterocycles. The SMILES string of the molecule is CCc1ccc(NC(=O)CCN(C(=O)Nc2cccc(F)c2)C(C)c2ccccc2)cc1. The average Bonchev–Trinajstić information content (AvgIpc) is 2.80. The van der Waals surface area contributed by atoms with E-state index >= 15 is 0 Å². The Morgan fingerprint density at radius 3 is 2.28 bits per heavy atom. The largest absolute Gasteiger partial charge is 0.326 e. The second-order valence-corrected chi connectivity index (χ2v) is 7.57. The number of nitrogens with one attached hydrogen (secondary N) is 2. The van der Waals surface area contributed by atoms with E-state index in [1.165, 1.54) is 23.8 Å². The summed E-state index contributed by atoms with van der Waals surface area (Å²) in [6.45, 7) is 4.18. The van der Waals surface area contributed by atoms with Crippen molar-refractivity contribution in [1.82, 2.24) is 4.90 Å². The first-order chi connectivity index (χ1) is 15.5. The van der Waals surface area contributed by atoms with Crippen molar-refractivity contribution >= 4 is 23.3 Å². The predicted molar refractivity (Wildman–Crippen MR) is 126 cm³/mol. The van der Waals surface area contributed by atoms with Gasteiger partial charge in [0.25, 0.3) is 0 Å². The minimum Gasteiger partial charge on any atom is -0.326 e. The van der Waals surface area contributed by atoms with Gasteiger partial charge in [0.2, 0.25) is 5.91 Å². The summed E-state index contributed by atoms with van der Waals surface area (Å²) in [5.74, 6) is -0.614. The number of amides is 3. The van der Waals surface area contributed by atoms with Crippen LogP contribution in [-0.2, 0) is 11.2 Å². The number of carbonyl (C=O) groups is 2.